The molecule has 0 aromatic heterocycles. The SMILES string of the molecule is CC(O)(CC(=O)OCC(=O)O)C(F)(F)F. The van der Waals surface area contributed by atoms with Crippen LogP contribution in [0.1, 0.15) is 13.3 Å². The predicted molar refractivity (Wildman–Crippen MR) is 39.9 cm³/mol. The van der Waals surface area contributed by atoms with Crippen LogP contribution in [0.15, 0.2) is 0 Å². The van der Waals surface area contributed by atoms with Gasteiger partial charge in [-0.1, -0.05) is 0 Å². The first-order chi connectivity index (χ1) is 6.56. The molecular formula is C7H9F3O5. The van der Waals surface area contributed by atoms with E-state index >= 15 is 0 Å². The Labute approximate surface area is 82.5 Å². The lowest BCUT2D eigenvalue weighted by atomic mass is 10.0. The summed E-state index contributed by atoms with van der Waals surface area (Å²) in [7, 11) is 0. The minimum absolute atomic E-state index is 0.398. The molecule has 0 aliphatic carbocycles. The maximum Gasteiger partial charge on any atom is 0.417 e. The third-order valence-electron chi connectivity index (χ3n) is 1.46. The maximum absolute atomic E-state index is 12.0. The molecule has 0 amide bonds. The molecule has 0 aliphatic rings. The van der Waals surface area contributed by atoms with E-state index < -0.39 is 36.7 Å². The van der Waals surface area contributed by atoms with Crippen LogP contribution in [0.3, 0.4) is 0 Å². The van der Waals surface area contributed by atoms with Crippen LogP contribution in [0.4, 0.5) is 13.2 Å². The fourth-order valence-electron chi connectivity index (χ4n) is 0.575. The normalized spacial score (nSPS) is 15.5. The monoisotopic (exact) mass is 230 g/mol. The summed E-state index contributed by atoms with van der Waals surface area (Å²) in [6.07, 6.45) is -6.32. The number of aliphatic hydroxyl groups is 1. The van der Waals surface area contributed by atoms with E-state index in [1.807, 2.05) is 0 Å². The second kappa shape index (κ2) is 4.47. The molecule has 1 atom stereocenters. The van der Waals surface area contributed by atoms with Crippen LogP contribution in [0.5, 0.6) is 0 Å². The van der Waals surface area contributed by atoms with E-state index in [1.165, 1.54) is 0 Å². The van der Waals surface area contributed by atoms with Crippen molar-refractivity contribution in [3.05, 3.63) is 0 Å². The number of hydrogen-bond donors (Lipinski definition) is 2. The van der Waals surface area contributed by atoms with Crippen LogP contribution < -0.4 is 0 Å². The van der Waals surface area contributed by atoms with Gasteiger partial charge >= 0.3 is 18.1 Å². The number of rotatable bonds is 4. The average Bonchev–Trinajstić information content (AvgIpc) is 1.97. The first-order valence-corrected chi connectivity index (χ1v) is 3.73. The number of hydrogen-bond acceptors (Lipinski definition) is 4. The van der Waals surface area contributed by atoms with Gasteiger partial charge in [-0.25, -0.2) is 4.79 Å². The summed E-state index contributed by atoms with van der Waals surface area (Å²) in [6.45, 7) is -0.637. The Morgan fingerprint density at radius 3 is 2.13 bits per heavy atom. The van der Waals surface area contributed by atoms with Crippen molar-refractivity contribution in [3.63, 3.8) is 0 Å². The minimum Gasteiger partial charge on any atom is -0.479 e. The second-order valence-corrected chi connectivity index (χ2v) is 3.00. The zero-order valence-corrected chi connectivity index (χ0v) is 7.67. The molecule has 0 bridgehead atoms. The molecule has 0 aromatic rings. The highest BCUT2D eigenvalue weighted by molar-refractivity contribution is 5.75. The van der Waals surface area contributed by atoms with Gasteiger partial charge < -0.3 is 14.9 Å². The van der Waals surface area contributed by atoms with Gasteiger partial charge in [-0.2, -0.15) is 13.2 Å². The van der Waals surface area contributed by atoms with Crippen LogP contribution in [-0.4, -0.2) is 40.5 Å². The Morgan fingerprint density at radius 2 is 1.80 bits per heavy atom. The molecule has 2 N–H and O–H groups in total. The molecular weight excluding hydrogens is 221 g/mol. The lowest BCUT2D eigenvalue weighted by Gasteiger charge is -2.24. The van der Waals surface area contributed by atoms with Gasteiger partial charge in [0.25, 0.3) is 0 Å². The van der Waals surface area contributed by atoms with E-state index in [0.29, 0.717) is 6.92 Å². The van der Waals surface area contributed by atoms with E-state index in [9.17, 15) is 22.8 Å². The number of ether oxygens (including phenoxy) is 1. The summed E-state index contributed by atoms with van der Waals surface area (Å²) in [4.78, 5) is 20.6. The number of halogens is 3. The van der Waals surface area contributed by atoms with Gasteiger partial charge in [0.2, 0.25) is 0 Å². The van der Waals surface area contributed by atoms with Gasteiger partial charge in [0, 0.05) is 0 Å². The van der Waals surface area contributed by atoms with E-state index in [-0.39, 0.29) is 0 Å². The number of alkyl halides is 3. The van der Waals surface area contributed by atoms with Crippen molar-refractivity contribution in [2.24, 2.45) is 0 Å². The van der Waals surface area contributed by atoms with Gasteiger partial charge in [-0.15, -0.1) is 0 Å². The number of carbonyl (C=O) groups excluding carboxylic acids is 1. The number of carboxylic acid groups (broad SMARTS) is 1. The number of carboxylic acids is 1. The van der Waals surface area contributed by atoms with Gasteiger partial charge in [-0.3, -0.25) is 4.79 Å². The third-order valence-corrected chi connectivity index (χ3v) is 1.46. The molecule has 0 saturated heterocycles. The molecule has 15 heavy (non-hydrogen) atoms. The molecule has 0 saturated carbocycles. The Hall–Kier alpha value is -1.31. The second-order valence-electron chi connectivity index (χ2n) is 3.00. The highest BCUT2D eigenvalue weighted by atomic mass is 19.4. The smallest absolute Gasteiger partial charge is 0.417 e. The molecule has 0 fully saturated rings. The highest BCUT2D eigenvalue weighted by Crippen LogP contribution is 2.32. The predicted octanol–water partition coefficient (Wildman–Crippen LogP) is 0.318. The zero-order chi connectivity index (χ0) is 12.3. The number of esters is 1. The van der Waals surface area contributed by atoms with Crippen molar-refractivity contribution >= 4 is 11.9 Å². The number of carbonyl (C=O) groups is 2. The topological polar surface area (TPSA) is 83.8 Å². The number of aliphatic carboxylic acids is 1. The summed E-state index contributed by atoms with van der Waals surface area (Å²) in [6, 6.07) is 0. The van der Waals surface area contributed by atoms with Crippen molar-refractivity contribution in [2.75, 3.05) is 6.61 Å². The van der Waals surface area contributed by atoms with Crippen LogP contribution in [0, 0.1) is 0 Å². The molecule has 0 heterocycles. The van der Waals surface area contributed by atoms with Crippen molar-refractivity contribution < 1.29 is 37.7 Å². The summed E-state index contributed by atoms with van der Waals surface area (Å²) in [5.41, 5.74) is -3.22. The lowest BCUT2D eigenvalue weighted by molar-refractivity contribution is -0.255. The van der Waals surface area contributed by atoms with Gasteiger partial charge in [0.15, 0.2) is 12.2 Å². The molecule has 0 radical (unpaired) electrons. The van der Waals surface area contributed by atoms with E-state index in [1.54, 1.807) is 0 Å². The first-order valence-electron chi connectivity index (χ1n) is 3.73. The zero-order valence-electron chi connectivity index (χ0n) is 7.67. The van der Waals surface area contributed by atoms with Crippen LogP contribution in [0.2, 0.25) is 0 Å². The van der Waals surface area contributed by atoms with Crippen molar-refractivity contribution in [1.82, 2.24) is 0 Å². The molecule has 0 rings (SSSR count). The molecule has 0 spiro atoms. The average molecular weight is 230 g/mol. The Kier molecular flexibility index (Phi) is 4.08. The molecule has 8 heteroatoms. The van der Waals surface area contributed by atoms with Crippen molar-refractivity contribution in [1.29, 1.82) is 0 Å². The highest BCUT2D eigenvalue weighted by Gasteiger charge is 2.51. The van der Waals surface area contributed by atoms with Crippen molar-refractivity contribution in [3.8, 4) is 0 Å². The van der Waals surface area contributed by atoms with Crippen LogP contribution >= 0.6 is 0 Å². The van der Waals surface area contributed by atoms with Gasteiger partial charge in [0.05, 0.1) is 6.42 Å². The minimum atomic E-state index is -4.98. The van der Waals surface area contributed by atoms with E-state index in [4.69, 9.17) is 10.2 Å². The van der Waals surface area contributed by atoms with Gasteiger partial charge in [-0.05, 0) is 6.92 Å². The lowest BCUT2D eigenvalue weighted by Crippen LogP contribution is -2.44. The maximum atomic E-state index is 12.0. The van der Waals surface area contributed by atoms with Crippen LogP contribution in [-0.2, 0) is 14.3 Å². The third kappa shape index (κ3) is 4.63. The Bertz CT molecular complexity index is 258. The Balaban J connectivity index is 4.23. The fraction of sp³-hybridized carbons (Fsp3) is 0.714. The standard InChI is InChI=1S/C7H9F3O5/c1-6(14,7(8,9)10)2-5(13)15-3-4(11)12/h14H,2-3H2,1H3,(H,11,12). The summed E-state index contributed by atoms with van der Waals surface area (Å²) >= 11 is 0. The van der Waals surface area contributed by atoms with E-state index in [0.717, 1.165) is 0 Å². The molecule has 0 aliphatic heterocycles. The largest absolute Gasteiger partial charge is 0.479 e. The quantitative estimate of drug-likeness (QED) is 0.679. The Morgan fingerprint density at radius 1 is 1.33 bits per heavy atom. The first kappa shape index (κ1) is 13.7. The van der Waals surface area contributed by atoms with E-state index in [2.05, 4.69) is 4.74 Å². The van der Waals surface area contributed by atoms with Crippen molar-refractivity contribution in [2.45, 2.75) is 25.1 Å². The molecule has 5 nitrogen and oxygen atoms in total. The molecule has 88 valence electrons. The van der Waals surface area contributed by atoms with Gasteiger partial charge in [0.1, 0.15) is 0 Å². The molecule has 1 unspecified atom stereocenters. The fourth-order valence-corrected chi connectivity index (χ4v) is 0.575. The summed E-state index contributed by atoms with van der Waals surface area (Å²) in [5, 5.41) is 16.9. The van der Waals surface area contributed by atoms with Crippen LogP contribution in [0.25, 0.3) is 0 Å². The summed E-state index contributed by atoms with van der Waals surface area (Å²) < 4.78 is 40.0. The molecule has 0 aromatic carbocycles. The summed E-state index contributed by atoms with van der Waals surface area (Å²) in [5.74, 6) is -2.92.